The molecule has 0 bridgehead atoms. The normalized spacial score (nSPS) is 11.1. The SMILES string of the molecule is COc1ccc(-c2nc3cc(NC(=O)c4ccc(-c5ccc(C)c(C)c5)o4)ccc3o2)cc1Br. The van der Waals surface area contributed by atoms with Crippen LogP contribution in [0.2, 0.25) is 0 Å². The van der Waals surface area contributed by atoms with Gasteiger partial charge in [0, 0.05) is 16.8 Å². The molecule has 0 aliphatic rings. The van der Waals surface area contributed by atoms with Crippen molar-refractivity contribution in [3.05, 3.63) is 88.1 Å². The number of benzene rings is 3. The fourth-order valence-electron chi connectivity index (χ4n) is 3.63. The van der Waals surface area contributed by atoms with E-state index in [2.05, 4.69) is 33.2 Å². The number of aromatic nitrogens is 1. The minimum Gasteiger partial charge on any atom is -0.496 e. The Morgan fingerprint density at radius 1 is 0.912 bits per heavy atom. The molecule has 0 saturated carbocycles. The molecular weight excluding hydrogens is 496 g/mol. The lowest BCUT2D eigenvalue weighted by atomic mass is 10.1. The summed E-state index contributed by atoms with van der Waals surface area (Å²) in [5, 5.41) is 2.87. The van der Waals surface area contributed by atoms with E-state index < -0.39 is 0 Å². The Bertz CT molecular complexity index is 1530. The first-order valence-electron chi connectivity index (χ1n) is 10.6. The standard InChI is InChI=1S/C27H21BrN2O4/c1-15-4-5-17(12-16(15)2)22-10-11-25(33-22)26(31)29-19-7-9-24-21(14-19)30-27(34-24)18-6-8-23(32-3)20(28)13-18/h4-14H,1-3H3,(H,29,31). The lowest BCUT2D eigenvalue weighted by Gasteiger charge is -2.04. The van der Waals surface area contributed by atoms with E-state index in [-0.39, 0.29) is 11.7 Å². The molecule has 7 heteroatoms. The van der Waals surface area contributed by atoms with E-state index in [1.165, 1.54) is 11.1 Å². The number of oxazole rings is 1. The quantitative estimate of drug-likeness (QED) is 0.263. The molecule has 170 valence electrons. The maximum atomic E-state index is 12.8. The molecule has 0 aliphatic heterocycles. The molecule has 0 atom stereocenters. The Morgan fingerprint density at radius 3 is 2.50 bits per heavy atom. The van der Waals surface area contributed by atoms with Crippen LogP contribution in [0.25, 0.3) is 33.9 Å². The second-order valence-electron chi connectivity index (χ2n) is 7.97. The fraction of sp³-hybridized carbons (Fsp3) is 0.111. The van der Waals surface area contributed by atoms with Crippen LogP contribution in [0.3, 0.4) is 0 Å². The molecule has 0 radical (unpaired) electrons. The molecule has 3 aromatic carbocycles. The molecule has 0 fully saturated rings. The third-order valence-corrected chi connectivity index (χ3v) is 6.29. The summed E-state index contributed by atoms with van der Waals surface area (Å²) in [4.78, 5) is 17.4. The highest BCUT2D eigenvalue weighted by Crippen LogP contribution is 2.32. The lowest BCUT2D eigenvalue weighted by molar-refractivity contribution is 0.0997. The number of rotatable bonds is 5. The minimum absolute atomic E-state index is 0.234. The van der Waals surface area contributed by atoms with Gasteiger partial charge >= 0.3 is 0 Å². The summed E-state index contributed by atoms with van der Waals surface area (Å²) in [7, 11) is 1.61. The van der Waals surface area contributed by atoms with Crippen molar-refractivity contribution in [1.82, 2.24) is 4.98 Å². The van der Waals surface area contributed by atoms with E-state index >= 15 is 0 Å². The van der Waals surface area contributed by atoms with E-state index in [0.717, 1.165) is 21.3 Å². The van der Waals surface area contributed by atoms with Crippen molar-refractivity contribution in [2.45, 2.75) is 13.8 Å². The number of fused-ring (bicyclic) bond motifs is 1. The van der Waals surface area contributed by atoms with Gasteiger partial charge in [-0.15, -0.1) is 0 Å². The number of nitrogens with zero attached hydrogens (tertiary/aromatic N) is 1. The molecule has 0 unspecified atom stereocenters. The number of halogens is 1. The zero-order valence-corrected chi connectivity index (χ0v) is 20.4. The Morgan fingerprint density at radius 2 is 1.74 bits per heavy atom. The van der Waals surface area contributed by atoms with Crippen molar-refractivity contribution in [2.24, 2.45) is 0 Å². The average molecular weight is 517 g/mol. The van der Waals surface area contributed by atoms with Crippen LogP contribution < -0.4 is 10.1 Å². The van der Waals surface area contributed by atoms with Gasteiger partial charge in [0.1, 0.15) is 17.0 Å². The van der Waals surface area contributed by atoms with Gasteiger partial charge in [0.25, 0.3) is 5.91 Å². The Labute approximate surface area is 204 Å². The Balaban J connectivity index is 1.36. The molecule has 5 aromatic rings. The highest BCUT2D eigenvalue weighted by molar-refractivity contribution is 9.10. The van der Waals surface area contributed by atoms with Gasteiger partial charge in [-0.05, 0) is 95.5 Å². The van der Waals surface area contributed by atoms with E-state index in [1.54, 1.807) is 37.4 Å². The summed E-state index contributed by atoms with van der Waals surface area (Å²) in [5.41, 5.74) is 5.97. The van der Waals surface area contributed by atoms with Crippen LogP contribution in [0.15, 0.2) is 80.0 Å². The molecule has 34 heavy (non-hydrogen) atoms. The van der Waals surface area contributed by atoms with E-state index in [0.29, 0.717) is 28.4 Å². The topological polar surface area (TPSA) is 77.5 Å². The Hall–Kier alpha value is -3.84. The predicted octanol–water partition coefficient (Wildman–Crippen LogP) is 7.40. The number of nitrogens with one attached hydrogen (secondary N) is 1. The first kappa shape index (κ1) is 22.0. The van der Waals surface area contributed by atoms with Gasteiger partial charge in [-0.2, -0.15) is 0 Å². The zero-order chi connectivity index (χ0) is 23.8. The zero-order valence-electron chi connectivity index (χ0n) is 18.8. The van der Waals surface area contributed by atoms with Crippen molar-refractivity contribution >= 4 is 38.6 Å². The number of aryl methyl sites for hydroxylation is 2. The van der Waals surface area contributed by atoms with Crippen LogP contribution in [0.4, 0.5) is 5.69 Å². The molecule has 5 rings (SSSR count). The fourth-order valence-corrected chi connectivity index (χ4v) is 4.17. The van der Waals surface area contributed by atoms with Crippen LogP contribution in [0.1, 0.15) is 21.7 Å². The van der Waals surface area contributed by atoms with Crippen LogP contribution in [0.5, 0.6) is 5.75 Å². The molecule has 1 amide bonds. The first-order chi connectivity index (χ1) is 16.4. The maximum Gasteiger partial charge on any atom is 0.291 e. The van der Waals surface area contributed by atoms with Crippen LogP contribution >= 0.6 is 15.9 Å². The van der Waals surface area contributed by atoms with Crippen molar-refractivity contribution in [3.63, 3.8) is 0 Å². The van der Waals surface area contributed by atoms with Gasteiger partial charge in [-0.1, -0.05) is 12.1 Å². The highest BCUT2D eigenvalue weighted by atomic mass is 79.9. The third-order valence-electron chi connectivity index (χ3n) is 5.67. The summed E-state index contributed by atoms with van der Waals surface area (Å²) in [6.07, 6.45) is 0. The lowest BCUT2D eigenvalue weighted by Crippen LogP contribution is -2.10. The van der Waals surface area contributed by atoms with Gasteiger partial charge in [0.15, 0.2) is 11.3 Å². The minimum atomic E-state index is -0.336. The number of carbonyl (C=O) groups excluding carboxylic acids is 1. The second-order valence-corrected chi connectivity index (χ2v) is 8.82. The highest BCUT2D eigenvalue weighted by Gasteiger charge is 2.15. The molecule has 2 aromatic heterocycles. The van der Waals surface area contributed by atoms with Gasteiger partial charge in [0.05, 0.1) is 11.6 Å². The molecule has 6 nitrogen and oxygen atoms in total. The molecule has 0 spiro atoms. The summed E-state index contributed by atoms with van der Waals surface area (Å²) >= 11 is 3.48. The summed E-state index contributed by atoms with van der Waals surface area (Å²) in [6, 6.07) is 20.5. The molecular formula is C27H21BrN2O4. The van der Waals surface area contributed by atoms with Crippen molar-refractivity contribution in [2.75, 3.05) is 12.4 Å². The second kappa shape index (κ2) is 8.83. The summed E-state index contributed by atoms with van der Waals surface area (Å²) in [6.45, 7) is 4.11. The molecule has 0 saturated heterocycles. The van der Waals surface area contributed by atoms with Crippen LogP contribution in [-0.2, 0) is 0 Å². The van der Waals surface area contributed by atoms with Crippen LogP contribution in [-0.4, -0.2) is 18.0 Å². The van der Waals surface area contributed by atoms with Crippen LogP contribution in [0, 0.1) is 13.8 Å². The van der Waals surface area contributed by atoms with E-state index in [9.17, 15) is 4.79 Å². The molecule has 0 aliphatic carbocycles. The number of amides is 1. The molecule has 2 heterocycles. The van der Waals surface area contributed by atoms with Crippen molar-refractivity contribution < 1.29 is 18.4 Å². The monoisotopic (exact) mass is 516 g/mol. The summed E-state index contributed by atoms with van der Waals surface area (Å²) in [5.74, 6) is 1.75. The number of ether oxygens (including phenoxy) is 1. The van der Waals surface area contributed by atoms with E-state index in [1.807, 2.05) is 43.3 Å². The average Bonchev–Trinajstić information content (AvgIpc) is 3.48. The third kappa shape index (κ3) is 4.22. The van der Waals surface area contributed by atoms with Crippen molar-refractivity contribution in [3.8, 4) is 28.5 Å². The van der Waals surface area contributed by atoms with Gasteiger partial charge in [0.2, 0.25) is 5.89 Å². The van der Waals surface area contributed by atoms with Crippen molar-refractivity contribution in [1.29, 1.82) is 0 Å². The summed E-state index contributed by atoms with van der Waals surface area (Å²) < 4.78 is 17.8. The van der Waals surface area contributed by atoms with Gasteiger partial charge < -0.3 is 18.9 Å². The van der Waals surface area contributed by atoms with Gasteiger partial charge in [-0.3, -0.25) is 4.79 Å². The maximum absolute atomic E-state index is 12.8. The number of carbonyl (C=O) groups is 1. The van der Waals surface area contributed by atoms with E-state index in [4.69, 9.17) is 13.6 Å². The number of furan rings is 1. The number of hydrogen-bond acceptors (Lipinski definition) is 5. The largest absolute Gasteiger partial charge is 0.496 e. The number of hydrogen-bond donors (Lipinski definition) is 1. The predicted molar refractivity (Wildman–Crippen MR) is 135 cm³/mol. The number of methoxy groups -OCH3 is 1. The smallest absolute Gasteiger partial charge is 0.291 e. The Kier molecular flexibility index (Phi) is 5.71. The first-order valence-corrected chi connectivity index (χ1v) is 11.4. The number of anilines is 1. The van der Waals surface area contributed by atoms with Gasteiger partial charge in [-0.25, -0.2) is 4.98 Å². The molecule has 1 N–H and O–H groups in total.